The summed E-state index contributed by atoms with van der Waals surface area (Å²) in [6, 6.07) is 7.30. The molecule has 2 atom stereocenters. The Morgan fingerprint density at radius 2 is 1.83 bits per heavy atom. The minimum atomic E-state index is -4.23. The van der Waals surface area contributed by atoms with Crippen molar-refractivity contribution in [2.45, 2.75) is 57.2 Å². The third-order valence-corrected chi connectivity index (χ3v) is 6.24. The Kier molecular flexibility index (Phi) is 7.26. The van der Waals surface area contributed by atoms with Crippen LogP contribution in [0.5, 0.6) is 5.75 Å². The average molecular weight is 426 g/mol. The Hall–Kier alpha value is -2.25. The number of likely N-dealkylation sites (tertiary alicyclic amines) is 1. The van der Waals surface area contributed by atoms with E-state index in [1.165, 1.54) is 0 Å². The number of carbonyl (C=O) groups is 2. The fraction of sp³-hybridized carbons (Fsp3) is 0.636. The molecule has 1 saturated heterocycles. The Morgan fingerprint density at radius 3 is 2.50 bits per heavy atom. The first-order chi connectivity index (χ1) is 14.3. The van der Waals surface area contributed by atoms with Gasteiger partial charge in [0.25, 0.3) is 0 Å². The number of halogens is 3. The second-order valence-corrected chi connectivity index (χ2v) is 8.25. The molecule has 2 unspecified atom stereocenters. The van der Waals surface area contributed by atoms with E-state index < -0.39 is 18.0 Å². The standard InChI is InChI=1S/C22H29F3N2O3/c1-30-19-8-3-2-5-15(19)14-20(28)27-11-9-18(10-12-27)26-21(29)16-6-4-7-17(13-16)22(23,24)25/h2-3,5,8,16-18H,4,6-7,9-14H2,1H3,(H,26,29). The molecule has 1 heterocycles. The highest BCUT2D eigenvalue weighted by molar-refractivity contribution is 5.80. The fourth-order valence-electron chi connectivity index (χ4n) is 4.44. The SMILES string of the molecule is COc1ccccc1CC(=O)N1CCC(NC(=O)C2CCCC(C(F)(F)F)C2)CC1. The number of para-hydroxylation sites is 1. The summed E-state index contributed by atoms with van der Waals surface area (Å²) < 4.78 is 44.2. The lowest BCUT2D eigenvalue weighted by Gasteiger charge is -2.34. The topological polar surface area (TPSA) is 58.6 Å². The summed E-state index contributed by atoms with van der Waals surface area (Å²) in [5, 5.41) is 2.92. The first-order valence-corrected chi connectivity index (χ1v) is 10.5. The van der Waals surface area contributed by atoms with Crippen LogP contribution in [-0.4, -0.2) is 49.1 Å². The highest BCUT2D eigenvalue weighted by Gasteiger charge is 2.43. The maximum absolute atomic E-state index is 13.0. The van der Waals surface area contributed by atoms with Crippen LogP contribution in [0.15, 0.2) is 24.3 Å². The van der Waals surface area contributed by atoms with Crippen LogP contribution in [0.1, 0.15) is 44.1 Å². The monoisotopic (exact) mass is 426 g/mol. The zero-order valence-corrected chi connectivity index (χ0v) is 17.2. The van der Waals surface area contributed by atoms with Gasteiger partial charge in [-0.3, -0.25) is 9.59 Å². The van der Waals surface area contributed by atoms with Crippen molar-refractivity contribution in [3.05, 3.63) is 29.8 Å². The number of nitrogens with one attached hydrogen (secondary N) is 1. The van der Waals surface area contributed by atoms with Crippen molar-refractivity contribution in [2.75, 3.05) is 20.2 Å². The summed E-state index contributed by atoms with van der Waals surface area (Å²) in [5.74, 6) is -1.54. The molecule has 2 aliphatic rings. The Bertz CT molecular complexity index is 745. The van der Waals surface area contributed by atoms with E-state index in [2.05, 4.69) is 5.32 Å². The second kappa shape index (κ2) is 9.71. The number of alkyl halides is 3. The number of benzene rings is 1. The van der Waals surface area contributed by atoms with E-state index >= 15 is 0 Å². The van der Waals surface area contributed by atoms with Gasteiger partial charge in [-0.15, -0.1) is 0 Å². The summed E-state index contributed by atoms with van der Waals surface area (Å²) in [7, 11) is 1.57. The van der Waals surface area contributed by atoms with Crippen LogP contribution in [0.3, 0.4) is 0 Å². The largest absolute Gasteiger partial charge is 0.496 e. The smallest absolute Gasteiger partial charge is 0.391 e. The van der Waals surface area contributed by atoms with Crippen LogP contribution < -0.4 is 10.1 Å². The molecule has 0 spiro atoms. The van der Waals surface area contributed by atoms with E-state index in [-0.39, 0.29) is 37.1 Å². The molecule has 30 heavy (non-hydrogen) atoms. The van der Waals surface area contributed by atoms with Gasteiger partial charge in [0.15, 0.2) is 0 Å². The normalized spacial score (nSPS) is 23.1. The number of ether oxygens (including phenoxy) is 1. The molecule has 0 aromatic heterocycles. The minimum absolute atomic E-state index is 0.00424. The van der Waals surface area contributed by atoms with Crippen molar-refractivity contribution >= 4 is 11.8 Å². The predicted molar refractivity (Wildman–Crippen MR) is 106 cm³/mol. The maximum atomic E-state index is 13.0. The predicted octanol–water partition coefficient (Wildman–Crippen LogP) is 3.71. The van der Waals surface area contributed by atoms with E-state index in [0.29, 0.717) is 44.5 Å². The highest BCUT2D eigenvalue weighted by atomic mass is 19.4. The van der Waals surface area contributed by atoms with Crippen LogP contribution in [-0.2, 0) is 16.0 Å². The summed E-state index contributed by atoms with van der Waals surface area (Å²) in [6.45, 7) is 1.05. The Labute approximate surface area is 175 Å². The van der Waals surface area contributed by atoms with Crippen molar-refractivity contribution in [2.24, 2.45) is 11.8 Å². The number of amides is 2. The van der Waals surface area contributed by atoms with E-state index in [9.17, 15) is 22.8 Å². The lowest BCUT2D eigenvalue weighted by molar-refractivity contribution is -0.186. The molecule has 2 amide bonds. The molecule has 0 bridgehead atoms. The number of piperidine rings is 1. The van der Waals surface area contributed by atoms with Crippen molar-refractivity contribution < 1.29 is 27.5 Å². The lowest BCUT2D eigenvalue weighted by Crippen LogP contribution is -2.48. The van der Waals surface area contributed by atoms with Crippen molar-refractivity contribution in [1.82, 2.24) is 10.2 Å². The number of rotatable bonds is 5. The molecule has 1 aliphatic heterocycles. The number of carbonyl (C=O) groups excluding carboxylic acids is 2. The molecule has 0 radical (unpaired) electrons. The molecule has 166 valence electrons. The molecule has 1 aromatic rings. The van der Waals surface area contributed by atoms with Gasteiger partial charge in [-0.05, 0) is 38.2 Å². The van der Waals surface area contributed by atoms with E-state index in [0.717, 1.165) is 5.56 Å². The first kappa shape index (κ1) is 22.4. The van der Waals surface area contributed by atoms with Gasteiger partial charge in [0.2, 0.25) is 11.8 Å². The Morgan fingerprint density at radius 1 is 1.13 bits per heavy atom. The average Bonchev–Trinajstić information content (AvgIpc) is 2.74. The van der Waals surface area contributed by atoms with Gasteiger partial charge in [-0.1, -0.05) is 24.6 Å². The number of hydrogen-bond acceptors (Lipinski definition) is 3. The van der Waals surface area contributed by atoms with Crippen molar-refractivity contribution in [3.8, 4) is 5.75 Å². The molecular formula is C22H29F3N2O3. The summed E-state index contributed by atoms with van der Waals surface area (Å²) in [6.07, 6.45) is -1.83. The molecule has 1 aliphatic carbocycles. The molecule has 2 fully saturated rings. The van der Waals surface area contributed by atoms with Crippen LogP contribution in [0.2, 0.25) is 0 Å². The van der Waals surface area contributed by atoms with Crippen LogP contribution in [0, 0.1) is 11.8 Å². The molecule has 1 saturated carbocycles. The third kappa shape index (κ3) is 5.67. The Balaban J connectivity index is 1.46. The molecule has 5 nitrogen and oxygen atoms in total. The van der Waals surface area contributed by atoms with Gasteiger partial charge in [-0.2, -0.15) is 13.2 Å². The van der Waals surface area contributed by atoms with Gasteiger partial charge in [0.05, 0.1) is 19.4 Å². The molecule has 1 aromatic carbocycles. The van der Waals surface area contributed by atoms with Crippen LogP contribution in [0.25, 0.3) is 0 Å². The fourth-order valence-corrected chi connectivity index (χ4v) is 4.44. The van der Waals surface area contributed by atoms with Gasteiger partial charge in [0.1, 0.15) is 5.75 Å². The van der Waals surface area contributed by atoms with Gasteiger partial charge >= 0.3 is 6.18 Å². The number of methoxy groups -OCH3 is 1. The lowest BCUT2D eigenvalue weighted by atomic mass is 9.80. The van der Waals surface area contributed by atoms with Gasteiger partial charge < -0.3 is 15.0 Å². The third-order valence-electron chi connectivity index (χ3n) is 6.24. The van der Waals surface area contributed by atoms with Crippen molar-refractivity contribution in [1.29, 1.82) is 0 Å². The number of hydrogen-bond donors (Lipinski definition) is 1. The first-order valence-electron chi connectivity index (χ1n) is 10.5. The van der Waals surface area contributed by atoms with Crippen LogP contribution >= 0.6 is 0 Å². The van der Waals surface area contributed by atoms with E-state index in [1.54, 1.807) is 12.0 Å². The molecular weight excluding hydrogens is 397 g/mol. The summed E-state index contributed by atoms with van der Waals surface area (Å²) in [5.41, 5.74) is 0.831. The quantitative estimate of drug-likeness (QED) is 0.781. The van der Waals surface area contributed by atoms with E-state index in [4.69, 9.17) is 4.74 Å². The van der Waals surface area contributed by atoms with Crippen molar-refractivity contribution in [3.63, 3.8) is 0 Å². The zero-order chi connectivity index (χ0) is 21.7. The number of nitrogens with zero attached hydrogens (tertiary/aromatic N) is 1. The molecule has 3 rings (SSSR count). The molecule has 8 heteroatoms. The van der Waals surface area contributed by atoms with Gasteiger partial charge in [-0.25, -0.2) is 0 Å². The van der Waals surface area contributed by atoms with E-state index in [1.807, 2.05) is 24.3 Å². The summed E-state index contributed by atoms with van der Waals surface area (Å²) in [4.78, 5) is 26.9. The minimum Gasteiger partial charge on any atom is -0.496 e. The summed E-state index contributed by atoms with van der Waals surface area (Å²) >= 11 is 0. The maximum Gasteiger partial charge on any atom is 0.391 e. The molecule has 1 N–H and O–H groups in total. The zero-order valence-electron chi connectivity index (χ0n) is 17.2. The second-order valence-electron chi connectivity index (χ2n) is 8.25. The van der Waals surface area contributed by atoms with Gasteiger partial charge in [0, 0.05) is 30.6 Å². The van der Waals surface area contributed by atoms with Crippen LogP contribution in [0.4, 0.5) is 13.2 Å². The highest BCUT2D eigenvalue weighted by Crippen LogP contribution is 2.40.